The first-order valence-corrected chi connectivity index (χ1v) is 7.39. The highest BCUT2D eigenvalue weighted by Crippen LogP contribution is 2.26. The number of aliphatic carboxylic acids is 1. The van der Waals surface area contributed by atoms with E-state index in [0.29, 0.717) is 25.2 Å². The quantitative estimate of drug-likeness (QED) is 0.596. The first-order valence-electron chi connectivity index (χ1n) is 7.39. The number of carboxylic acid groups (broad SMARTS) is 1. The van der Waals surface area contributed by atoms with Crippen molar-refractivity contribution in [2.24, 2.45) is 5.92 Å². The number of rotatable bonds is 9. The van der Waals surface area contributed by atoms with Crippen molar-refractivity contribution in [3.8, 4) is 0 Å². The molecule has 0 radical (unpaired) electrons. The number of likely N-dealkylation sites (N-methyl/N-ethyl adjacent to an activating group) is 1. The Morgan fingerprint density at radius 2 is 1.90 bits per heavy atom. The molecule has 0 heterocycles. The molecule has 0 saturated heterocycles. The summed E-state index contributed by atoms with van der Waals surface area (Å²) in [6, 6.07) is 0.772. The molecule has 1 aliphatic carbocycles. The van der Waals surface area contributed by atoms with Gasteiger partial charge in [-0.3, -0.25) is 9.69 Å². The van der Waals surface area contributed by atoms with Crippen LogP contribution in [0.1, 0.15) is 39.5 Å². The Morgan fingerprint density at radius 1 is 1.30 bits per heavy atom. The molecule has 0 aromatic carbocycles. The fourth-order valence-corrected chi connectivity index (χ4v) is 2.13. The van der Waals surface area contributed by atoms with E-state index in [0.717, 1.165) is 6.42 Å². The molecule has 0 aliphatic heterocycles. The Kier molecular flexibility index (Phi) is 6.78. The first-order chi connectivity index (χ1) is 9.43. The fraction of sp³-hybridized carbons (Fsp3) is 0.857. The molecule has 1 saturated carbocycles. The highest BCUT2D eigenvalue weighted by Gasteiger charge is 2.29. The van der Waals surface area contributed by atoms with Crippen molar-refractivity contribution in [1.82, 2.24) is 15.5 Å². The number of urea groups is 1. The number of nitrogens with zero attached hydrogens (tertiary/aromatic N) is 1. The minimum atomic E-state index is -0.821. The van der Waals surface area contributed by atoms with Gasteiger partial charge in [0.25, 0.3) is 0 Å². The van der Waals surface area contributed by atoms with E-state index in [-0.39, 0.29) is 18.4 Å². The maximum absolute atomic E-state index is 11.7. The summed E-state index contributed by atoms with van der Waals surface area (Å²) in [6.45, 7) is 5.04. The summed E-state index contributed by atoms with van der Waals surface area (Å²) in [4.78, 5) is 24.6. The van der Waals surface area contributed by atoms with E-state index in [1.54, 1.807) is 0 Å². The molecule has 1 fully saturated rings. The first kappa shape index (κ1) is 16.8. The molecule has 2 amide bonds. The van der Waals surface area contributed by atoms with E-state index in [1.807, 2.05) is 6.92 Å². The van der Waals surface area contributed by atoms with Crippen LogP contribution in [0.4, 0.5) is 4.79 Å². The molecule has 0 spiro atoms. The summed E-state index contributed by atoms with van der Waals surface area (Å²) in [7, 11) is 2.09. The monoisotopic (exact) mass is 285 g/mol. The molecule has 6 nitrogen and oxygen atoms in total. The minimum absolute atomic E-state index is 0.00943. The number of hydrogen-bond acceptors (Lipinski definition) is 3. The van der Waals surface area contributed by atoms with Crippen molar-refractivity contribution in [2.75, 3.05) is 20.1 Å². The zero-order valence-electron chi connectivity index (χ0n) is 12.7. The van der Waals surface area contributed by atoms with Crippen LogP contribution in [0.3, 0.4) is 0 Å². The van der Waals surface area contributed by atoms with Crippen LogP contribution < -0.4 is 10.6 Å². The van der Waals surface area contributed by atoms with Crippen LogP contribution in [0, 0.1) is 5.92 Å². The third kappa shape index (κ3) is 6.23. The van der Waals surface area contributed by atoms with Gasteiger partial charge in [-0.25, -0.2) is 4.79 Å². The average Bonchev–Trinajstić information content (AvgIpc) is 3.23. The van der Waals surface area contributed by atoms with Gasteiger partial charge in [0.2, 0.25) is 0 Å². The van der Waals surface area contributed by atoms with Crippen molar-refractivity contribution in [3.63, 3.8) is 0 Å². The van der Waals surface area contributed by atoms with E-state index in [1.165, 1.54) is 12.8 Å². The Bertz CT molecular complexity index is 332. The Labute approximate surface area is 120 Å². The van der Waals surface area contributed by atoms with E-state index >= 15 is 0 Å². The van der Waals surface area contributed by atoms with E-state index in [4.69, 9.17) is 5.11 Å². The van der Waals surface area contributed by atoms with Crippen molar-refractivity contribution >= 4 is 12.0 Å². The Hall–Kier alpha value is -1.30. The third-order valence-corrected chi connectivity index (χ3v) is 3.97. The lowest BCUT2D eigenvalue weighted by Crippen LogP contribution is -2.45. The second kappa shape index (κ2) is 8.09. The minimum Gasteiger partial charge on any atom is -0.481 e. The number of carbonyl (C=O) groups is 2. The van der Waals surface area contributed by atoms with E-state index < -0.39 is 5.97 Å². The zero-order chi connectivity index (χ0) is 15.1. The smallest absolute Gasteiger partial charge is 0.314 e. The number of nitrogens with one attached hydrogen (secondary N) is 2. The Morgan fingerprint density at radius 3 is 2.40 bits per heavy atom. The van der Waals surface area contributed by atoms with Gasteiger partial charge in [0.1, 0.15) is 0 Å². The van der Waals surface area contributed by atoms with Gasteiger partial charge in [-0.05, 0) is 32.7 Å². The lowest BCUT2D eigenvalue weighted by molar-refractivity contribution is -0.138. The highest BCUT2D eigenvalue weighted by molar-refractivity contribution is 5.74. The van der Waals surface area contributed by atoms with E-state index in [9.17, 15) is 9.59 Å². The molecule has 3 N–H and O–H groups in total. The molecule has 20 heavy (non-hydrogen) atoms. The average molecular weight is 285 g/mol. The van der Waals surface area contributed by atoms with Crippen LogP contribution in [-0.4, -0.2) is 54.2 Å². The maximum atomic E-state index is 11.7. The summed E-state index contributed by atoms with van der Waals surface area (Å²) in [5.41, 5.74) is 0. The molecule has 2 unspecified atom stereocenters. The van der Waals surface area contributed by atoms with Crippen molar-refractivity contribution in [1.29, 1.82) is 0 Å². The van der Waals surface area contributed by atoms with Crippen molar-refractivity contribution < 1.29 is 14.7 Å². The summed E-state index contributed by atoms with van der Waals surface area (Å²) in [5, 5.41) is 14.3. The van der Waals surface area contributed by atoms with Gasteiger partial charge in [-0.1, -0.05) is 13.3 Å². The molecular weight excluding hydrogens is 258 g/mol. The lowest BCUT2D eigenvalue weighted by atomic mass is 10.0. The summed E-state index contributed by atoms with van der Waals surface area (Å²) < 4.78 is 0. The highest BCUT2D eigenvalue weighted by atomic mass is 16.4. The van der Waals surface area contributed by atoms with Gasteiger partial charge in [-0.2, -0.15) is 0 Å². The molecule has 1 aliphatic rings. The second-order valence-corrected chi connectivity index (χ2v) is 5.71. The molecule has 116 valence electrons. The van der Waals surface area contributed by atoms with Crippen LogP contribution >= 0.6 is 0 Å². The van der Waals surface area contributed by atoms with Crippen molar-refractivity contribution in [3.05, 3.63) is 0 Å². The zero-order valence-corrected chi connectivity index (χ0v) is 12.7. The van der Waals surface area contributed by atoms with Gasteiger partial charge < -0.3 is 15.7 Å². The van der Waals surface area contributed by atoms with Gasteiger partial charge in [-0.15, -0.1) is 0 Å². The summed E-state index contributed by atoms with van der Waals surface area (Å²) in [5.74, 6) is -0.830. The molecule has 0 bridgehead atoms. The third-order valence-electron chi connectivity index (χ3n) is 3.97. The molecular formula is C14H27N3O3. The van der Waals surface area contributed by atoms with Crippen LogP contribution in [0.5, 0.6) is 0 Å². The van der Waals surface area contributed by atoms with Gasteiger partial charge in [0.15, 0.2) is 0 Å². The number of carbonyl (C=O) groups excluding carboxylic acids is 1. The van der Waals surface area contributed by atoms with Crippen LogP contribution in [0.2, 0.25) is 0 Å². The summed E-state index contributed by atoms with van der Waals surface area (Å²) in [6.07, 6.45) is 3.34. The Balaban J connectivity index is 2.17. The summed E-state index contributed by atoms with van der Waals surface area (Å²) >= 11 is 0. The van der Waals surface area contributed by atoms with Crippen LogP contribution in [0.25, 0.3) is 0 Å². The molecule has 1 rings (SSSR count). The predicted octanol–water partition coefficient (Wildman–Crippen LogP) is 1.27. The number of carboxylic acids is 1. The van der Waals surface area contributed by atoms with Crippen molar-refractivity contribution in [2.45, 2.75) is 51.6 Å². The largest absolute Gasteiger partial charge is 0.481 e. The van der Waals surface area contributed by atoms with Gasteiger partial charge in [0, 0.05) is 31.6 Å². The van der Waals surface area contributed by atoms with Gasteiger partial charge in [0.05, 0.1) is 0 Å². The van der Waals surface area contributed by atoms with Crippen LogP contribution in [-0.2, 0) is 4.79 Å². The lowest BCUT2D eigenvalue weighted by Gasteiger charge is -2.24. The maximum Gasteiger partial charge on any atom is 0.314 e. The SMILES string of the molecule is CCC(CNC(=O)NCC(C)N(C)C1CC1)CC(=O)O. The standard InChI is InChI=1S/C14H27N3O3/c1-4-11(7-13(18)19)9-16-14(20)15-8-10(2)17(3)12-5-6-12/h10-12H,4-9H2,1-3H3,(H,18,19)(H2,15,16,20). The fourth-order valence-electron chi connectivity index (χ4n) is 2.13. The van der Waals surface area contributed by atoms with E-state index in [2.05, 4.69) is 29.5 Å². The topological polar surface area (TPSA) is 81.7 Å². The molecule has 6 heteroatoms. The molecule has 0 aromatic rings. The predicted molar refractivity (Wildman–Crippen MR) is 77.7 cm³/mol. The normalized spacial score (nSPS) is 17.6. The molecule has 0 aromatic heterocycles. The van der Waals surface area contributed by atoms with Gasteiger partial charge >= 0.3 is 12.0 Å². The molecule has 2 atom stereocenters. The second-order valence-electron chi connectivity index (χ2n) is 5.71. The number of amides is 2. The van der Waals surface area contributed by atoms with Crippen LogP contribution in [0.15, 0.2) is 0 Å². The number of hydrogen-bond donors (Lipinski definition) is 3.